The van der Waals surface area contributed by atoms with Crippen LogP contribution in [0.2, 0.25) is 0 Å². The van der Waals surface area contributed by atoms with E-state index in [1.54, 1.807) is 0 Å². The largest absolute Gasteiger partial charge is 0.455 e. The number of pyridine rings is 1. The van der Waals surface area contributed by atoms with Crippen LogP contribution in [0, 0.1) is 0 Å². The lowest BCUT2D eigenvalue weighted by Gasteiger charge is -2.13. The maximum Gasteiger partial charge on any atom is 0.144 e. The molecule has 0 aliphatic heterocycles. The molecule has 4 heteroatoms. The Bertz CT molecular complexity index is 2760. The summed E-state index contributed by atoms with van der Waals surface area (Å²) in [6.45, 7) is 0. The molecule has 0 aliphatic rings. The summed E-state index contributed by atoms with van der Waals surface area (Å²) in [5.41, 5.74) is 9.34. The minimum Gasteiger partial charge on any atom is -0.455 e. The maximum atomic E-state index is 6.41. The van der Waals surface area contributed by atoms with E-state index in [0.29, 0.717) is 0 Å². The van der Waals surface area contributed by atoms with Crippen molar-refractivity contribution in [3.63, 3.8) is 0 Å². The third kappa shape index (κ3) is 3.39. The third-order valence-electron chi connectivity index (χ3n) is 9.13. The van der Waals surface area contributed by atoms with E-state index in [1.807, 2.05) is 12.1 Å². The molecule has 0 radical (unpaired) electrons. The van der Waals surface area contributed by atoms with Crippen molar-refractivity contribution in [1.29, 1.82) is 0 Å². The van der Waals surface area contributed by atoms with Gasteiger partial charge in [0.2, 0.25) is 0 Å². The first-order chi connectivity index (χ1) is 22.3. The molecule has 0 fully saturated rings. The number of benzene rings is 6. The molecule has 45 heavy (non-hydrogen) atoms. The van der Waals surface area contributed by atoms with Crippen molar-refractivity contribution in [2.75, 3.05) is 0 Å². The number of nitrogens with zero attached hydrogens (tertiary/aromatic N) is 3. The summed E-state index contributed by atoms with van der Waals surface area (Å²) in [7, 11) is 0. The molecule has 0 atom stereocenters. The van der Waals surface area contributed by atoms with Crippen LogP contribution in [0.3, 0.4) is 0 Å². The minimum atomic E-state index is 0.858. The van der Waals surface area contributed by atoms with Crippen LogP contribution < -0.4 is 0 Å². The van der Waals surface area contributed by atoms with E-state index in [0.717, 1.165) is 55.7 Å². The van der Waals surface area contributed by atoms with Gasteiger partial charge in [0.1, 0.15) is 17.0 Å². The van der Waals surface area contributed by atoms with Crippen molar-refractivity contribution in [1.82, 2.24) is 14.1 Å². The number of furan rings is 1. The van der Waals surface area contributed by atoms with Gasteiger partial charge < -0.3 is 8.98 Å². The molecule has 10 aromatic rings. The van der Waals surface area contributed by atoms with Crippen LogP contribution in [0.1, 0.15) is 0 Å². The van der Waals surface area contributed by atoms with Gasteiger partial charge in [-0.2, -0.15) is 0 Å². The van der Waals surface area contributed by atoms with E-state index >= 15 is 0 Å². The van der Waals surface area contributed by atoms with Crippen LogP contribution in [-0.2, 0) is 0 Å². The van der Waals surface area contributed by atoms with Gasteiger partial charge in [0.25, 0.3) is 0 Å². The molecule has 4 nitrogen and oxygen atoms in total. The standard InChI is InChI=1S/C41H25N3O/c1-2-12-26(13-3-1)43-35-20-7-4-14-27(35)30-24-25-31-28-15-5-8-21-36(28)44(40(31)39(30)43)38-23-11-19-34(42-38)33-18-10-17-32-29-16-6-9-22-37(29)45-41(32)33/h1-25H. The fourth-order valence-electron chi connectivity index (χ4n) is 7.23. The zero-order chi connectivity index (χ0) is 29.5. The van der Waals surface area contributed by atoms with E-state index in [-0.39, 0.29) is 0 Å². The van der Waals surface area contributed by atoms with E-state index in [9.17, 15) is 0 Å². The van der Waals surface area contributed by atoms with Gasteiger partial charge in [-0.15, -0.1) is 0 Å². The molecule has 0 bridgehead atoms. The first-order valence-corrected chi connectivity index (χ1v) is 15.2. The Morgan fingerprint density at radius 1 is 0.422 bits per heavy atom. The monoisotopic (exact) mass is 575 g/mol. The third-order valence-corrected chi connectivity index (χ3v) is 9.13. The number of aromatic nitrogens is 3. The van der Waals surface area contributed by atoms with Gasteiger partial charge in [0.05, 0.1) is 27.8 Å². The van der Waals surface area contributed by atoms with E-state index in [1.165, 1.54) is 32.6 Å². The molecule has 4 heterocycles. The highest BCUT2D eigenvalue weighted by atomic mass is 16.3. The zero-order valence-corrected chi connectivity index (χ0v) is 24.2. The Morgan fingerprint density at radius 2 is 1.02 bits per heavy atom. The highest BCUT2D eigenvalue weighted by Gasteiger charge is 2.22. The van der Waals surface area contributed by atoms with Crippen LogP contribution in [0.4, 0.5) is 0 Å². The molecular formula is C41H25N3O. The molecule has 0 N–H and O–H groups in total. The summed E-state index contributed by atoms with van der Waals surface area (Å²) in [6, 6.07) is 53.4. The highest BCUT2D eigenvalue weighted by Crippen LogP contribution is 2.42. The summed E-state index contributed by atoms with van der Waals surface area (Å²) in [4.78, 5) is 5.36. The lowest BCUT2D eigenvalue weighted by atomic mass is 10.1. The van der Waals surface area contributed by atoms with Gasteiger partial charge in [-0.1, -0.05) is 103 Å². The van der Waals surface area contributed by atoms with Gasteiger partial charge in [-0.05, 0) is 48.5 Å². The van der Waals surface area contributed by atoms with Gasteiger partial charge in [-0.25, -0.2) is 4.98 Å². The summed E-state index contributed by atoms with van der Waals surface area (Å²) in [6.07, 6.45) is 0. The number of hydrogen-bond donors (Lipinski definition) is 0. The van der Waals surface area contributed by atoms with Crippen LogP contribution in [0.15, 0.2) is 156 Å². The van der Waals surface area contributed by atoms with E-state index in [4.69, 9.17) is 9.40 Å². The number of rotatable bonds is 3. The molecule has 0 amide bonds. The van der Waals surface area contributed by atoms with Crippen molar-refractivity contribution in [2.45, 2.75) is 0 Å². The molecule has 0 unspecified atom stereocenters. The van der Waals surface area contributed by atoms with Crippen LogP contribution >= 0.6 is 0 Å². The number of para-hydroxylation sites is 5. The quantitative estimate of drug-likeness (QED) is 0.210. The Hall–Kier alpha value is -6.13. The summed E-state index contributed by atoms with van der Waals surface area (Å²) in [5, 5.41) is 7.06. The average Bonchev–Trinajstić information content (AvgIpc) is 3.76. The first-order valence-electron chi connectivity index (χ1n) is 15.2. The van der Waals surface area contributed by atoms with Crippen molar-refractivity contribution >= 4 is 65.6 Å². The van der Waals surface area contributed by atoms with Crippen molar-refractivity contribution in [2.24, 2.45) is 0 Å². The Kier molecular flexibility index (Phi) is 4.96. The second-order valence-electron chi connectivity index (χ2n) is 11.6. The molecule has 4 aromatic heterocycles. The fraction of sp³-hybridized carbons (Fsp3) is 0. The number of hydrogen-bond acceptors (Lipinski definition) is 2. The highest BCUT2D eigenvalue weighted by molar-refractivity contribution is 6.23. The number of fused-ring (bicyclic) bond motifs is 10. The first kappa shape index (κ1) is 24.3. The molecule has 6 aromatic carbocycles. The Morgan fingerprint density at radius 3 is 1.80 bits per heavy atom. The van der Waals surface area contributed by atoms with E-state index in [2.05, 4.69) is 149 Å². The summed E-state index contributed by atoms with van der Waals surface area (Å²) in [5.74, 6) is 0.865. The normalized spacial score (nSPS) is 12.0. The summed E-state index contributed by atoms with van der Waals surface area (Å²) < 4.78 is 11.2. The van der Waals surface area contributed by atoms with Gasteiger partial charge >= 0.3 is 0 Å². The molecule has 0 aliphatic carbocycles. The minimum absolute atomic E-state index is 0.858. The molecule has 0 saturated heterocycles. The predicted molar refractivity (Wildman–Crippen MR) is 186 cm³/mol. The molecule has 0 saturated carbocycles. The fourth-order valence-corrected chi connectivity index (χ4v) is 7.23. The second kappa shape index (κ2) is 9.18. The second-order valence-corrected chi connectivity index (χ2v) is 11.6. The maximum absolute atomic E-state index is 6.41. The zero-order valence-electron chi connectivity index (χ0n) is 24.2. The van der Waals surface area contributed by atoms with Gasteiger partial charge in [-0.3, -0.25) is 4.57 Å². The van der Waals surface area contributed by atoms with Crippen LogP contribution in [0.25, 0.3) is 88.3 Å². The Labute approximate surface area is 258 Å². The predicted octanol–water partition coefficient (Wildman–Crippen LogP) is 10.8. The Balaban J connectivity index is 1.33. The lowest BCUT2D eigenvalue weighted by Crippen LogP contribution is -2.01. The van der Waals surface area contributed by atoms with Gasteiger partial charge in [0, 0.05) is 43.6 Å². The molecule has 10 rings (SSSR count). The topological polar surface area (TPSA) is 35.9 Å². The smallest absolute Gasteiger partial charge is 0.144 e. The van der Waals surface area contributed by atoms with Crippen LogP contribution in [-0.4, -0.2) is 14.1 Å². The molecular weight excluding hydrogens is 550 g/mol. The van der Waals surface area contributed by atoms with Crippen LogP contribution in [0.5, 0.6) is 0 Å². The van der Waals surface area contributed by atoms with Gasteiger partial charge in [0.15, 0.2) is 0 Å². The average molecular weight is 576 g/mol. The van der Waals surface area contributed by atoms with Crippen molar-refractivity contribution < 1.29 is 4.42 Å². The molecule has 210 valence electrons. The lowest BCUT2D eigenvalue weighted by molar-refractivity contribution is 0.670. The SMILES string of the molecule is c1ccc(-n2c3ccccc3c3ccc4c5ccccc5n(-c5cccc(-c6cccc7c6oc6ccccc67)n5)c4c32)cc1. The van der Waals surface area contributed by atoms with Crippen molar-refractivity contribution in [3.05, 3.63) is 152 Å². The molecule has 0 spiro atoms. The van der Waals surface area contributed by atoms with Crippen molar-refractivity contribution in [3.8, 4) is 22.8 Å². The van der Waals surface area contributed by atoms with E-state index < -0.39 is 0 Å². The summed E-state index contributed by atoms with van der Waals surface area (Å²) >= 11 is 0.